The summed E-state index contributed by atoms with van der Waals surface area (Å²) < 4.78 is 1.10. The van der Waals surface area contributed by atoms with Crippen LogP contribution in [0.2, 0.25) is 0 Å². The molecule has 0 unspecified atom stereocenters. The van der Waals surface area contributed by atoms with Gasteiger partial charge in [-0.1, -0.05) is 41.2 Å². The van der Waals surface area contributed by atoms with Crippen LogP contribution in [0.1, 0.15) is 15.9 Å². The third kappa shape index (κ3) is 3.63. The summed E-state index contributed by atoms with van der Waals surface area (Å²) in [6.07, 6.45) is 0. The summed E-state index contributed by atoms with van der Waals surface area (Å²) in [4.78, 5) is 20.8. The minimum Gasteiger partial charge on any atom is -0.338 e. The van der Waals surface area contributed by atoms with Crippen LogP contribution in [0.25, 0.3) is 10.2 Å². The van der Waals surface area contributed by atoms with E-state index in [1.165, 1.54) is 4.90 Å². The number of fused-ring (bicyclic) bond motifs is 1. The molecule has 3 aromatic rings. The van der Waals surface area contributed by atoms with Crippen LogP contribution in [-0.4, -0.2) is 38.1 Å². The zero-order valence-corrected chi connectivity index (χ0v) is 15.1. The van der Waals surface area contributed by atoms with Crippen molar-refractivity contribution in [3.63, 3.8) is 0 Å². The number of thiazole rings is 1. The standard InChI is InChI=1S/C19H21N3OS/c1-14-8-10-15(11-9-14)18(23)22(13-12-21(2)3)19-20-16-6-4-5-7-17(16)24-19/h4-11H,12-13H2,1-3H3/p+1. The fraction of sp³-hybridized carbons (Fsp3) is 0.263. The second-order valence-electron chi connectivity index (χ2n) is 6.24. The van der Waals surface area contributed by atoms with Gasteiger partial charge in [-0.05, 0) is 31.2 Å². The summed E-state index contributed by atoms with van der Waals surface area (Å²) in [6.45, 7) is 3.54. The summed E-state index contributed by atoms with van der Waals surface area (Å²) in [7, 11) is 4.18. The smallest absolute Gasteiger partial charge is 0.260 e. The number of likely N-dealkylation sites (N-methyl/N-ethyl adjacent to an activating group) is 1. The predicted octanol–water partition coefficient (Wildman–Crippen LogP) is 2.40. The van der Waals surface area contributed by atoms with Gasteiger partial charge < -0.3 is 4.90 Å². The number of rotatable bonds is 5. The van der Waals surface area contributed by atoms with E-state index in [0.29, 0.717) is 12.1 Å². The molecule has 2 aromatic carbocycles. The first-order chi connectivity index (χ1) is 11.5. The topological polar surface area (TPSA) is 37.6 Å². The van der Waals surface area contributed by atoms with Crippen molar-refractivity contribution in [3.05, 3.63) is 59.7 Å². The molecule has 4 nitrogen and oxygen atoms in total. The number of carbonyl (C=O) groups is 1. The van der Waals surface area contributed by atoms with Crippen LogP contribution in [0, 0.1) is 6.92 Å². The number of nitrogens with zero attached hydrogens (tertiary/aromatic N) is 2. The van der Waals surface area contributed by atoms with E-state index in [4.69, 9.17) is 0 Å². The van der Waals surface area contributed by atoms with Gasteiger partial charge in [0.25, 0.3) is 5.91 Å². The lowest BCUT2D eigenvalue weighted by atomic mass is 10.1. The predicted molar refractivity (Wildman–Crippen MR) is 100 cm³/mol. The van der Waals surface area contributed by atoms with Crippen molar-refractivity contribution in [1.29, 1.82) is 0 Å². The monoisotopic (exact) mass is 340 g/mol. The molecular weight excluding hydrogens is 318 g/mol. The molecule has 0 atom stereocenters. The van der Waals surface area contributed by atoms with Gasteiger partial charge in [-0.2, -0.15) is 0 Å². The van der Waals surface area contributed by atoms with Crippen molar-refractivity contribution in [2.24, 2.45) is 0 Å². The molecular formula is C19H22N3OS+. The van der Waals surface area contributed by atoms with Gasteiger partial charge in [0.1, 0.15) is 0 Å². The lowest BCUT2D eigenvalue weighted by Crippen LogP contribution is -3.06. The molecule has 0 fully saturated rings. The number of benzene rings is 2. The minimum atomic E-state index is 0.00954. The Labute approximate surface area is 146 Å². The van der Waals surface area contributed by atoms with Crippen LogP contribution in [-0.2, 0) is 0 Å². The Morgan fingerprint density at radius 3 is 2.50 bits per heavy atom. The van der Waals surface area contributed by atoms with Gasteiger partial charge in [0, 0.05) is 5.56 Å². The van der Waals surface area contributed by atoms with E-state index in [2.05, 4.69) is 19.1 Å². The third-order valence-electron chi connectivity index (χ3n) is 3.89. The molecule has 24 heavy (non-hydrogen) atoms. The summed E-state index contributed by atoms with van der Waals surface area (Å²) in [5, 5.41) is 0.767. The van der Waals surface area contributed by atoms with Crippen molar-refractivity contribution in [2.75, 3.05) is 32.1 Å². The quantitative estimate of drug-likeness (QED) is 0.774. The Bertz CT molecular complexity index is 806. The molecule has 0 saturated carbocycles. The highest BCUT2D eigenvalue weighted by molar-refractivity contribution is 7.22. The van der Waals surface area contributed by atoms with E-state index >= 15 is 0 Å². The van der Waals surface area contributed by atoms with E-state index in [1.807, 2.05) is 60.4 Å². The van der Waals surface area contributed by atoms with Crippen LogP contribution in [0.4, 0.5) is 5.13 Å². The first-order valence-electron chi connectivity index (χ1n) is 8.08. The van der Waals surface area contributed by atoms with Crippen molar-refractivity contribution in [1.82, 2.24) is 4.98 Å². The van der Waals surface area contributed by atoms with Crippen molar-refractivity contribution in [3.8, 4) is 0 Å². The van der Waals surface area contributed by atoms with Crippen LogP contribution >= 0.6 is 11.3 Å². The normalized spacial score (nSPS) is 11.2. The number of carbonyl (C=O) groups excluding carboxylic acids is 1. The van der Waals surface area contributed by atoms with Gasteiger partial charge in [0.05, 0.1) is 37.4 Å². The second kappa shape index (κ2) is 7.11. The van der Waals surface area contributed by atoms with Crippen LogP contribution < -0.4 is 9.80 Å². The van der Waals surface area contributed by atoms with Crippen molar-refractivity contribution < 1.29 is 9.69 Å². The maximum Gasteiger partial charge on any atom is 0.260 e. The number of aromatic nitrogens is 1. The number of anilines is 1. The van der Waals surface area contributed by atoms with E-state index in [-0.39, 0.29) is 5.91 Å². The Hall–Kier alpha value is -2.24. The van der Waals surface area contributed by atoms with Gasteiger partial charge in [-0.15, -0.1) is 0 Å². The molecule has 1 aromatic heterocycles. The fourth-order valence-electron chi connectivity index (χ4n) is 2.45. The van der Waals surface area contributed by atoms with Gasteiger partial charge >= 0.3 is 0 Å². The van der Waals surface area contributed by atoms with Gasteiger partial charge in [-0.3, -0.25) is 9.69 Å². The first-order valence-corrected chi connectivity index (χ1v) is 8.89. The van der Waals surface area contributed by atoms with E-state index in [0.717, 1.165) is 27.5 Å². The molecule has 0 aliphatic carbocycles. The highest BCUT2D eigenvalue weighted by atomic mass is 32.1. The molecule has 1 N–H and O–H groups in total. The number of amides is 1. The first kappa shape index (κ1) is 16.6. The van der Waals surface area contributed by atoms with Crippen LogP contribution in [0.5, 0.6) is 0 Å². The second-order valence-corrected chi connectivity index (χ2v) is 7.25. The molecule has 1 heterocycles. The minimum absolute atomic E-state index is 0.00954. The molecule has 0 aliphatic heterocycles. The van der Waals surface area contributed by atoms with Crippen molar-refractivity contribution >= 4 is 32.6 Å². The third-order valence-corrected chi connectivity index (χ3v) is 4.95. The summed E-state index contributed by atoms with van der Waals surface area (Å²) in [5.74, 6) is 0.00954. The molecule has 0 spiro atoms. The van der Waals surface area contributed by atoms with Gasteiger partial charge in [0.2, 0.25) is 0 Å². The molecule has 0 bridgehead atoms. The molecule has 124 valence electrons. The van der Waals surface area contributed by atoms with E-state index in [1.54, 1.807) is 11.3 Å². The maximum absolute atomic E-state index is 13.0. The Balaban J connectivity index is 1.95. The molecule has 1 amide bonds. The lowest BCUT2D eigenvalue weighted by Gasteiger charge is -2.20. The zero-order valence-electron chi connectivity index (χ0n) is 14.2. The number of hydrogen-bond acceptors (Lipinski definition) is 3. The van der Waals surface area contributed by atoms with Crippen LogP contribution in [0.15, 0.2) is 48.5 Å². The number of aryl methyl sites for hydroxylation is 1. The lowest BCUT2D eigenvalue weighted by molar-refractivity contribution is -0.856. The van der Waals surface area contributed by atoms with Crippen LogP contribution in [0.3, 0.4) is 0 Å². The highest BCUT2D eigenvalue weighted by Crippen LogP contribution is 2.29. The van der Waals surface area contributed by atoms with E-state index in [9.17, 15) is 4.79 Å². The Morgan fingerprint density at radius 2 is 1.83 bits per heavy atom. The number of hydrogen-bond donors (Lipinski definition) is 1. The molecule has 5 heteroatoms. The Kier molecular flexibility index (Phi) is 4.92. The number of nitrogens with one attached hydrogen (secondary N) is 1. The number of quaternary nitrogens is 1. The fourth-order valence-corrected chi connectivity index (χ4v) is 3.44. The van der Waals surface area contributed by atoms with Gasteiger partial charge in [-0.25, -0.2) is 4.98 Å². The summed E-state index contributed by atoms with van der Waals surface area (Å²) in [5.41, 5.74) is 2.79. The molecule has 0 saturated heterocycles. The SMILES string of the molecule is Cc1ccc(C(=O)N(CC[NH+](C)C)c2nc3ccccc3s2)cc1. The van der Waals surface area contributed by atoms with E-state index < -0.39 is 0 Å². The average Bonchev–Trinajstić information content (AvgIpc) is 2.99. The molecule has 0 radical (unpaired) electrons. The molecule has 0 aliphatic rings. The maximum atomic E-state index is 13.0. The molecule has 3 rings (SSSR count). The average molecular weight is 340 g/mol. The number of para-hydroxylation sites is 1. The summed E-state index contributed by atoms with van der Waals surface area (Å²) in [6, 6.07) is 15.7. The summed E-state index contributed by atoms with van der Waals surface area (Å²) >= 11 is 1.57. The van der Waals surface area contributed by atoms with Gasteiger partial charge in [0.15, 0.2) is 5.13 Å². The van der Waals surface area contributed by atoms with Crippen molar-refractivity contribution in [2.45, 2.75) is 6.92 Å². The highest BCUT2D eigenvalue weighted by Gasteiger charge is 2.22. The largest absolute Gasteiger partial charge is 0.338 e. The Morgan fingerprint density at radius 1 is 1.12 bits per heavy atom. The zero-order chi connectivity index (χ0) is 17.1.